The molecule has 1 amide bonds. The summed E-state index contributed by atoms with van der Waals surface area (Å²) in [6, 6.07) is 3.35. The van der Waals surface area contributed by atoms with Crippen molar-refractivity contribution >= 4 is 22.7 Å². The number of hydrogen-bond donors (Lipinski definition) is 2. The van der Waals surface area contributed by atoms with E-state index in [-0.39, 0.29) is 11.6 Å². The minimum atomic E-state index is -0.460. The number of nitrogens with one attached hydrogen (secondary N) is 2. The zero-order chi connectivity index (χ0) is 20.6. The molecule has 2 aromatic rings. The molecule has 6 nitrogen and oxygen atoms in total. The number of benzene rings is 1. The van der Waals surface area contributed by atoms with Crippen LogP contribution in [0.15, 0.2) is 6.07 Å². The fourth-order valence-electron chi connectivity index (χ4n) is 3.73. The van der Waals surface area contributed by atoms with Crippen molar-refractivity contribution in [1.29, 1.82) is 5.26 Å². The van der Waals surface area contributed by atoms with Crippen LogP contribution in [0.25, 0.3) is 10.9 Å². The molecule has 1 aliphatic heterocycles. The number of amides is 1. The van der Waals surface area contributed by atoms with E-state index in [0.717, 1.165) is 29.5 Å². The number of alkyl carbamates (subject to hydrolysis) is 1. The first kappa shape index (κ1) is 20.0. The SMILES string of the molecule is Cc1[nH]c2c(C#N)cc(F)c(N3CCC[C@H](OC(=O)NC(C)(C)C)C3)c2c1C. The number of carbonyl (C=O) groups excluding carboxylic acids is 1. The van der Waals surface area contributed by atoms with E-state index in [2.05, 4.69) is 16.4 Å². The van der Waals surface area contributed by atoms with E-state index in [1.165, 1.54) is 6.07 Å². The number of halogens is 1. The van der Waals surface area contributed by atoms with Crippen molar-refractivity contribution in [3.8, 4) is 6.07 Å². The molecule has 2 N–H and O–H groups in total. The summed E-state index contributed by atoms with van der Waals surface area (Å²) in [6.45, 7) is 10.6. The number of carbonyl (C=O) groups is 1. The molecule has 1 fully saturated rings. The van der Waals surface area contributed by atoms with Crippen molar-refractivity contribution in [3.63, 3.8) is 0 Å². The number of anilines is 1. The Labute approximate surface area is 164 Å². The Morgan fingerprint density at radius 1 is 1.43 bits per heavy atom. The second kappa shape index (κ2) is 7.34. The molecule has 0 unspecified atom stereocenters. The smallest absolute Gasteiger partial charge is 0.407 e. The standard InChI is InChI=1S/C21H27FN4O2/c1-12-13(2)24-18-14(10-23)9-16(22)19(17(12)18)26-8-6-7-15(11-26)28-20(27)25-21(3,4)5/h9,15,24H,6-8,11H2,1-5H3,(H,25,27)/t15-/m0/s1. The van der Waals surface area contributed by atoms with E-state index < -0.39 is 11.9 Å². The Morgan fingerprint density at radius 2 is 2.14 bits per heavy atom. The second-order valence-corrected chi connectivity index (χ2v) is 8.48. The van der Waals surface area contributed by atoms with Crippen molar-refractivity contribution < 1.29 is 13.9 Å². The third kappa shape index (κ3) is 3.91. The Kier molecular flexibility index (Phi) is 5.24. The van der Waals surface area contributed by atoms with Gasteiger partial charge in [0.05, 0.1) is 23.3 Å². The van der Waals surface area contributed by atoms with Gasteiger partial charge >= 0.3 is 6.09 Å². The summed E-state index contributed by atoms with van der Waals surface area (Å²) in [5.41, 5.74) is 2.88. The molecule has 0 spiro atoms. The molecule has 150 valence electrons. The van der Waals surface area contributed by atoms with Crippen LogP contribution >= 0.6 is 0 Å². The molecule has 3 rings (SSSR count). The summed E-state index contributed by atoms with van der Waals surface area (Å²) in [7, 11) is 0. The molecule has 1 aromatic heterocycles. The van der Waals surface area contributed by atoms with Crippen LogP contribution in [-0.4, -0.2) is 35.8 Å². The number of nitrogens with zero attached hydrogens (tertiary/aromatic N) is 2. The molecule has 1 atom stereocenters. The van der Waals surface area contributed by atoms with Gasteiger partial charge in [-0.2, -0.15) is 5.26 Å². The van der Waals surface area contributed by atoms with E-state index in [0.29, 0.717) is 29.9 Å². The maximum absolute atomic E-state index is 15.0. The van der Waals surface area contributed by atoms with E-state index in [9.17, 15) is 10.1 Å². The van der Waals surface area contributed by atoms with Crippen LogP contribution in [0.4, 0.5) is 14.9 Å². The zero-order valence-electron chi connectivity index (χ0n) is 17.1. The first-order valence-electron chi connectivity index (χ1n) is 9.56. The third-order valence-electron chi connectivity index (χ3n) is 5.07. The average molecular weight is 386 g/mol. The number of rotatable bonds is 2. The highest BCUT2D eigenvalue weighted by Crippen LogP contribution is 2.37. The van der Waals surface area contributed by atoms with Gasteiger partial charge in [0, 0.05) is 23.2 Å². The number of nitriles is 1. The normalized spacial score (nSPS) is 17.5. The van der Waals surface area contributed by atoms with Gasteiger partial charge in [0.25, 0.3) is 0 Å². The summed E-state index contributed by atoms with van der Waals surface area (Å²) in [5, 5.41) is 12.9. The van der Waals surface area contributed by atoms with Gasteiger partial charge in [-0.1, -0.05) is 0 Å². The lowest BCUT2D eigenvalue weighted by molar-refractivity contribution is 0.0826. The summed E-state index contributed by atoms with van der Waals surface area (Å²) >= 11 is 0. The Morgan fingerprint density at radius 3 is 2.79 bits per heavy atom. The molecule has 0 radical (unpaired) electrons. The number of aryl methyl sites for hydroxylation is 2. The fourth-order valence-corrected chi connectivity index (χ4v) is 3.73. The first-order valence-corrected chi connectivity index (χ1v) is 9.56. The summed E-state index contributed by atoms with van der Waals surface area (Å²) in [6.07, 6.45) is 0.747. The molecule has 28 heavy (non-hydrogen) atoms. The second-order valence-electron chi connectivity index (χ2n) is 8.48. The lowest BCUT2D eigenvalue weighted by Crippen LogP contribution is -2.46. The van der Waals surface area contributed by atoms with Crippen molar-refractivity contribution in [2.75, 3.05) is 18.0 Å². The Balaban J connectivity index is 1.91. The van der Waals surface area contributed by atoms with E-state index in [1.807, 2.05) is 39.5 Å². The predicted molar refractivity (Wildman–Crippen MR) is 107 cm³/mol. The number of fused-ring (bicyclic) bond motifs is 1. The predicted octanol–water partition coefficient (Wildman–Crippen LogP) is 4.29. The van der Waals surface area contributed by atoms with Crippen LogP contribution in [-0.2, 0) is 4.74 Å². The van der Waals surface area contributed by atoms with Crippen LogP contribution in [0, 0.1) is 31.0 Å². The Bertz CT molecular complexity index is 952. The topological polar surface area (TPSA) is 81.2 Å². The lowest BCUT2D eigenvalue weighted by atomic mass is 10.0. The van der Waals surface area contributed by atoms with Crippen LogP contribution in [0.2, 0.25) is 0 Å². The Hall–Kier alpha value is -2.75. The molecular formula is C21H27FN4O2. The highest BCUT2D eigenvalue weighted by molar-refractivity contribution is 5.99. The number of ether oxygens (including phenoxy) is 1. The van der Waals surface area contributed by atoms with Crippen LogP contribution in [0.3, 0.4) is 0 Å². The molecule has 1 aliphatic rings. The fraction of sp³-hybridized carbons (Fsp3) is 0.524. The van der Waals surface area contributed by atoms with Crippen molar-refractivity contribution in [1.82, 2.24) is 10.3 Å². The van der Waals surface area contributed by atoms with E-state index in [1.54, 1.807) is 0 Å². The van der Waals surface area contributed by atoms with Gasteiger partial charge in [-0.3, -0.25) is 0 Å². The van der Waals surface area contributed by atoms with Crippen LogP contribution in [0.1, 0.15) is 50.4 Å². The minimum absolute atomic E-state index is 0.293. The molecule has 0 saturated carbocycles. The van der Waals surface area contributed by atoms with Crippen molar-refractivity contribution in [3.05, 3.63) is 28.7 Å². The van der Waals surface area contributed by atoms with E-state index >= 15 is 4.39 Å². The third-order valence-corrected chi connectivity index (χ3v) is 5.07. The quantitative estimate of drug-likeness (QED) is 0.807. The van der Waals surface area contributed by atoms with Gasteiger partial charge in [0.2, 0.25) is 0 Å². The number of piperidine rings is 1. The largest absolute Gasteiger partial charge is 0.444 e. The summed E-state index contributed by atoms with van der Waals surface area (Å²) in [5.74, 6) is -0.425. The molecule has 0 aliphatic carbocycles. The van der Waals surface area contributed by atoms with Crippen molar-refractivity contribution in [2.45, 2.75) is 59.1 Å². The summed E-state index contributed by atoms with van der Waals surface area (Å²) in [4.78, 5) is 17.3. The molecule has 0 bridgehead atoms. The number of hydrogen-bond acceptors (Lipinski definition) is 4. The number of H-pyrrole nitrogens is 1. The summed E-state index contributed by atoms with van der Waals surface area (Å²) < 4.78 is 20.6. The average Bonchev–Trinajstić information content (AvgIpc) is 2.88. The van der Waals surface area contributed by atoms with Crippen molar-refractivity contribution in [2.24, 2.45) is 0 Å². The molecule has 2 heterocycles. The molecule has 1 aromatic carbocycles. The molecular weight excluding hydrogens is 359 g/mol. The van der Waals surface area contributed by atoms with Gasteiger partial charge < -0.3 is 19.9 Å². The van der Waals surface area contributed by atoms with Gasteiger partial charge in [-0.15, -0.1) is 0 Å². The van der Waals surface area contributed by atoms with Gasteiger partial charge in [0.1, 0.15) is 18.0 Å². The van der Waals surface area contributed by atoms with Gasteiger partial charge in [-0.05, 0) is 59.1 Å². The lowest BCUT2D eigenvalue weighted by Gasteiger charge is -2.35. The maximum atomic E-state index is 15.0. The van der Waals surface area contributed by atoms with E-state index in [4.69, 9.17) is 4.74 Å². The minimum Gasteiger partial charge on any atom is -0.444 e. The molecule has 1 saturated heterocycles. The monoisotopic (exact) mass is 386 g/mol. The van der Waals surface area contributed by atoms with Gasteiger partial charge in [-0.25, -0.2) is 9.18 Å². The molecule has 7 heteroatoms. The van der Waals surface area contributed by atoms with Crippen LogP contribution < -0.4 is 10.2 Å². The first-order chi connectivity index (χ1) is 13.1. The number of aromatic amines is 1. The highest BCUT2D eigenvalue weighted by atomic mass is 19.1. The number of aromatic nitrogens is 1. The maximum Gasteiger partial charge on any atom is 0.407 e. The van der Waals surface area contributed by atoms with Gasteiger partial charge in [0.15, 0.2) is 0 Å². The highest BCUT2D eigenvalue weighted by Gasteiger charge is 2.29. The zero-order valence-corrected chi connectivity index (χ0v) is 17.1. The van der Waals surface area contributed by atoms with Crippen LogP contribution in [0.5, 0.6) is 0 Å².